The normalized spacial score (nSPS) is 12.6. The van der Waals surface area contributed by atoms with Crippen LogP contribution in [0.25, 0.3) is 0 Å². The number of rotatable bonds is 14. The van der Waals surface area contributed by atoms with E-state index in [4.69, 9.17) is 10.5 Å². The first-order chi connectivity index (χ1) is 20.1. The molecule has 236 valence electrons. The number of para-hydroxylation sites is 1. The number of alkyl carbamates (subject to hydrolysis) is 1. The standard InChI is InChI=1S/C33H48N4O6/c1-8-9-10-11-12-18-37(31(41)25(20-27(34)39)35-32(42)43-33(5,6)7)29(24-16-17-26(38)23(4)19-24)30(40)36-28-21(2)14-13-15-22(28)3/h13-17,19,25,29,38H,8-12,18,20H2,1-7H3,(H2,34,39)(H,35,42)(H,36,40). The number of phenolic OH excluding ortho intramolecular Hbond substituents is 1. The van der Waals surface area contributed by atoms with Crippen LogP contribution in [-0.2, 0) is 19.1 Å². The number of nitrogens with two attached hydrogens (primary N) is 1. The molecule has 4 amide bonds. The van der Waals surface area contributed by atoms with Crippen molar-refractivity contribution in [1.82, 2.24) is 10.2 Å². The number of aryl methyl sites for hydroxylation is 3. The summed E-state index contributed by atoms with van der Waals surface area (Å²) >= 11 is 0. The van der Waals surface area contributed by atoms with Crippen molar-refractivity contribution in [2.75, 3.05) is 11.9 Å². The zero-order valence-electron chi connectivity index (χ0n) is 26.6. The highest BCUT2D eigenvalue weighted by atomic mass is 16.6. The third-order valence-electron chi connectivity index (χ3n) is 7.01. The number of amides is 4. The molecule has 0 heterocycles. The lowest BCUT2D eigenvalue weighted by atomic mass is 9.98. The fraction of sp³-hybridized carbons (Fsp3) is 0.515. The van der Waals surface area contributed by atoms with Gasteiger partial charge in [-0.15, -0.1) is 0 Å². The van der Waals surface area contributed by atoms with Crippen molar-refractivity contribution in [2.45, 2.75) is 105 Å². The van der Waals surface area contributed by atoms with Crippen molar-refractivity contribution < 1.29 is 29.0 Å². The number of phenols is 1. The molecule has 2 unspecified atom stereocenters. The number of ether oxygens (including phenoxy) is 1. The van der Waals surface area contributed by atoms with Crippen molar-refractivity contribution in [2.24, 2.45) is 5.73 Å². The van der Waals surface area contributed by atoms with Gasteiger partial charge in [-0.1, -0.05) is 56.9 Å². The first kappa shape index (κ1) is 35.1. The van der Waals surface area contributed by atoms with E-state index in [-0.39, 0.29) is 12.3 Å². The molecule has 0 aliphatic heterocycles. The minimum Gasteiger partial charge on any atom is -0.508 e. The molecule has 2 aromatic rings. The lowest BCUT2D eigenvalue weighted by Crippen LogP contribution is -2.53. The molecule has 5 N–H and O–H groups in total. The Bertz CT molecular complexity index is 1270. The Morgan fingerprint density at radius 2 is 1.58 bits per heavy atom. The molecule has 0 saturated heterocycles. The topological polar surface area (TPSA) is 151 Å². The molecule has 0 aliphatic carbocycles. The lowest BCUT2D eigenvalue weighted by Gasteiger charge is -2.34. The van der Waals surface area contributed by atoms with E-state index < -0.39 is 47.9 Å². The van der Waals surface area contributed by atoms with Gasteiger partial charge in [0.25, 0.3) is 5.91 Å². The molecule has 2 aromatic carbocycles. The van der Waals surface area contributed by atoms with E-state index in [1.807, 2.05) is 32.0 Å². The predicted octanol–water partition coefficient (Wildman–Crippen LogP) is 5.56. The lowest BCUT2D eigenvalue weighted by molar-refractivity contribution is -0.142. The summed E-state index contributed by atoms with van der Waals surface area (Å²) in [5.74, 6) is -1.87. The first-order valence-corrected chi connectivity index (χ1v) is 14.9. The van der Waals surface area contributed by atoms with Gasteiger partial charge in [-0.25, -0.2) is 4.79 Å². The largest absolute Gasteiger partial charge is 0.508 e. The number of primary amides is 1. The molecule has 0 spiro atoms. The monoisotopic (exact) mass is 596 g/mol. The van der Waals surface area contributed by atoms with Crippen LogP contribution in [0.15, 0.2) is 36.4 Å². The highest BCUT2D eigenvalue weighted by molar-refractivity contribution is 6.00. The Balaban J connectivity index is 2.62. The summed E-state index contributed by atoms with van der Waals surface area (Å²) in [6, 6.07) is 7.88. The summed E-state index contributed by atoms with van der Waals surface area (Å²) in [6.45, 7) is 12.8. The molecule has 43 heavy (non-hydrogen) atoms. The molecular formula is C33H48N4O6. The van der Waals surface area contributed by atoms with Gasteiger partial charge in [-0.2, -0.15) is 0 Å². The van der Waals surface area contributed by atoms with Crippen molar-refractivity contribution in [3.05, 3.63) is 58.7 Å². The van der Waals surface area contributed by atoms with Crippen LogP contribution in [0.4, 0.5) is 10.5 Å². The number of aromatic hydroxyl groups is 1. The van der Waals surface area contributed by atoms with Crippen molar-refractivity contribution >= 4 is 29.5 Å². The molecule has 2 atom stereocenters. The van der Waals surface area contributed by atoms with Crippen LogP contribution >= 0.6 is 0 Å². The number of hydrogen-bond acceptors (Lipinski definition) is 6. The number of hydrogen-bond donors (Lipinski definition) is 4. The minimum atomic E-state index is -1.36. The smallest absolute Gasteiger partial charge is 0.408 e. The average Bonchev–Trinajstić information content (AvgIpc) is 2.89. The molecule has 0 bridgehead atoms. The van der Waals surface area contributed by atoms with E-state index >= 15 is 0 Å². The SMILES string of the molecule is CCCCCCCN(C(=O)C(CC(N)=O)NC(=O)OC(C)(C)C)C(C(=O)Nc1c(C)cccc1C)c1ccc(O)c(C)c1. The maximum Gasteiger partial charge on any atom is 0.408 e. The predicted molar refractivity (Wildman–Crippen MR) is 168 cm³/mol. The van der Waals surface area contributed by atoms with Crippen LogP contribution in [0.5, 0.6) is 5.75 Å². The molecule has 0 radical (unpaired) electrons. The van der Waals surface area contributed by atoms with Crippen LogP contribution in [0.3, 0.4) is 0 Å². The van der Waals surface area contributed by atoms with E-state index in [9.17, 15) is 24.3 Å². The summed E-state index contributed by atoms with van der Waals surface area (Å²) in [4.78, 5) is 54.6. The van der Waals surface area contributed by atoms with Crippen molar-refractivity contribution in [3.63, 3.8) is 0 Å². The fourth-order valence-corrected chi connectivity index (χ4v) is 4.83. The van der Waals surface area contributed by atoms with Gasteiger partial charge in [0.05, 0.1) is 6.42 Å². The van der Waals surface area contributed by atoms with E-state index in [0.717, 1.165) is 36.8 Å². The van der Waals surface area contributed by atoms with Crippen LogP contribution in [0, 0.1) is 20.8 Å². The van der Waals surface area contributed by atoms with Gasteiger partial charge in [-0.3, -0.25) is 14.4 Å². The summed E-state index contributed by atoms with van der Waals surface area (Å²) in [5.41, 5.74) is 7.98. The second kappa shape index (κ2) is 16.0. The molecule has 10 heteroatoms. The Morgan fingerprint density at radius 3 is 2.14 bits per heavy atom. The second-order valence-electron chi connectivity index (χ2n) is 12.0. The molecular weight excluding hydrogens is 548 g/mol. The Hall–Kier alpha value is -4.08. The van der Waals surface area contributed by atoms with Gasteiger partial charge in [-0.05, 0) is 82.3 Å². The van der Waals surface area contributed by atoms with E-state index in [2.05, 4.69) is 17.6 Å². The summed E-state index contributed by atoms with van der Waals surface area (Å²) in [5, 5.41) is 15.7. The van der Waals surface area contributed by atoms with Gasteiger partial charge in [0.2, 0.25) is 11.8 Å². The van der Waals surface area contributed by atoms with Gasteiger partial charge < -0.3 is 31.1 Å². The van der Waals surface area contributed by atoms with Gasteiger partial charge in [0.15, 0.2) is 0 Å². The van der Waals surface area contributed by atoms with Crippen LogP contribution < -0.4 is 16.4 Å². The molecule has 10 nitrogen and oxygen atoms in total. The fourth-order valence-electron chi connectivity index (χ4n) is 4.83. The highest BCUT2D eigenvalue weighted by Gasteiger charge is 2.37. The highest BCUT2D eigenvalue weighted by Crippen LogP contribution is 2.30. The van der Waals surface area contributed by atoms with E-state index in [0.29, 0.717) is 23.2 Å². The number of nitrogens with zero attached hydrogens (tertiary/aromatic N) is 1. The van der Waals surface area contributed by atoms with Crippen LogP contribution in [-0.4, -0.2) is 52.0 Å². The number of carbonyl (C=O) groups excluding carboxylic acids is 4. The Labute approximate surface area is 255 Å². The third kappa shape index (κ3) is 10.9. The molecule has 0 fully saturated rings. The second-order valence-corrected chi connectivity index (χ2v) is 12.0. The molecule has 0 aliphatic rings. The molecule has 0 aromatic heterocycles. The number of unbranched alkanes of at least 4 members (excludes halogenated alkanes) is 4. The van der Waals surface area contributed by atoms with Crippen LogP contribution in [0.1, 0.15) is 94.5 Å². The van der Waals surface area contributed by atoms with Crippen molar-refractivity contribution in [3.8, 4) is 5.75 Å². The Kier molecular flexibility index (Phi) is 13.0. The van der Waals surface area contributed by atoms with E-state index in [1.54, 1.807) is 39.8 Å². The van der Waals surface area contributed by atoms with Gasteiger partial charge in [0, 0.05) is 12.2 Å². The summed E-state index contributed by atoms with van der Waals surface area (Å²) in [7, 11) is 0. The van der Waals surface area contributed by atoms with Gasteiger partial charge >= 0.3 is 6.09 Å². The average molecular weight is 597 g/mol. The minimum absolute atomic E-state index is 0.0493. The zero-order chi connectivity index (χ0) is 32.3. The third-order valence-corrected chi connectivity index (χ3v) is 7.01. The van der Waals surface area contributed by atoms with Crippen LogP contribution in [0.2, 0.25) is 0 Å². The quantitative estimate of drug-likeness (QED) is 0.210. The molecule has 2 rings (SSSR count). The Morgan fingerprint density at radius 1 is 0.953 bits per heavy atom. The maximum absolute atomic E-state index is 14.3. The van der Waals surface area contributed by atoms with Gasteiger partial charge in [0.1, 0.15) is 23.4 Å². The molecule has 0 saturated carbocycles. The number of nitrogens with one attached hydrogen (secondary N) is 2. The number of anilines is 1. The van der Waals surface area contributed by atoms with Crippen molar-refractivity contribution in [1.29, 1.82) is 0 Å². The number of benzene rings is 2. The number of carbonyl (C=O) groups is 4. The summed E-state index contributed by atoms with van der Waals surface area (Å²) < 4.78 is 5.35. The zero-order valence-corrected chi connectivity index (χ0v) is 26.6. The summed E-state index contributed by atoms with van der Waals surface area (Å²) in [6.07, 6.45) is 3.07. The first-order valence-electron chi connectivity index (χ1n) is 14.9. The maximum atomic E-state index is 14.3. The van der Waals surface area contributed by atoms with E-state index in [1.165, 1.54) is 11.0 Å².